The highest BCUT2D eigenvalue weighted by Crippen LogP contribution is 2.45. The van der Waals surface area contributed by atoms with Gasteiger partial charge in [-0.1, -0.05) is 33.6 Å². The van der Waals surface area contributed by atoms with Gasteiger partial charge in [-0.2, -0.15) is 0 Å². The molecule has 1 aliphatic rings. The van der Waals surface area contributed by atoms with Gasteiger partial charge in [-0.15, -0.1) is 0 Å². The highest BCUT2D eigenvalue weighted by Gasteiger charge is 2.37. The van der Waals surface area contributed by atoms with Gasteiger partial charge in [0.2, 0.25) is 0 Å². The Bertz CT molecular complexity index is 196. The highest BCUT2D eigenvalue weighted by atomic mass is 16.4. The molecular weight excluding hydrogens is 164 g/mol. The number of carboxylic acid groups (broad SMARTS) is 1. The summed E-state index contributed by atoms with van der Waals surface area (Å²) < 4.78 is 0. The maximum Gasteiger partial charge on any atom is 0.303 e. The van der Waals surface area contributed by atoms with Crippen LogP contribution in [0.3, 0.4) is 0 Å². The van der Waals surface area contributed by atoms with E-state index in [1.54, 1.807) is 0 Å². The molecule has 0 bridgehead atoms. The number of carboxylic acids is 1. The lowest BCUT2D eigenvalue weighted by Gasteiger charge is -2.42. The molecule has 2 atom stereocenters. The van der Waals surface area contributed by atoms with Crippen molar-refractivity contribution in [1.82, 2.24) is 0 Å². The molecule has 1 saturated carbocycles. The van der Waals surface area contributed by atoms with E-state index in [1.807, 2.05) is 0 Å². The molecule has 0 aliphatic heterocycles. The van der Waals surface area contributed by atoms with Crippen LogP contribution in [0.2, 0.25) is 0 Å². The molecule has 0 spiro atoms. The summed E-state index contributed by atoms with van der Waals surface area (Å²) in [4.78, 5) is 10.7. The van der Waals surface area contributed by atoms with Crippen molar-refractivity contribution in [2.24, 2.45) is 17.3 Å². The van der Waals surface area contributed by atoms with Crippen LogP contribution in [-0.2, 0) is 4.79 Å². The average Bonchev–Trinajstić information content (AvgIpc) is 1.96. The molecule has 0 amide bonds. The standard InChI is InChI=1S/C11H20O2/c1-8-5-4-6-11(2,3)9(8)7-10(12)13/h8-9H,4-7H2,1-3H3,(H,12,13)/t8-,9-/m1/s1. The lowest BCUT2D eigenvalue weighted by Crippen LogP contribution is -2.35. The smallest absolute Gasteiger partial charge is 0.303 e. The summed E-state index contributed by atoms with van der Waals surface area (Å²) >= 11 is 0. The quantitative estimate of drug-likeness (QED) is 0.716. The number of rotatable bonds is 2. The zero-order chi connectivity index (χ0) is 10.1. The monoisotopic (exact) mass is 184 g/mol. The second-order valence-corrected chi connectivity index (χ2v) is 5.06. The van der Waals surface area contributed by atoms with E-state index < -0.39 is 5.97 Å². The number of hydrogen-bond donors (Lipinski definition) is 1. The fourth-order valence-electron chi connectivity index (χ4n) is 2.70. The Morgan fingerprint density at radius 3 is 2.62 bits per heavy atom. The van der Waals surface area contributed by atoms with Gasteiger partial charge in [0.1, 0.15) is 0 Å². The maximum atomic E-state index is 10.7. The highest BCUT2D eigenvalue weighted by molar-refractivity contribution is 5.67. The van der Waals surface area contributed by atoms with Crippen LogP contribution >= 0.6 is 0 Å². The van der Waals surface area contributed by atoms with Crippen molar-refractivity contribution in [2.75, 3.05) is 0 Å². The van der Waals surface area contributed by atoms with Crippen LogP contribution in [0.25, 0.3) is 0 Å². The van der Waals surface area contributed by atoms with Gasteiger partial charge in [-0.05, 0) is 23.7 Å². The van der Waals surface area contributed by atoms with Gasteiger partial charge in [0, 0.05) is 6.42 Å². The third-order valence-electron chi connectivity index (χ3n) is 3.57. The van der Waals surface area contributed by atoms with Gasteiger partial charge in [0.05, 0.1) is 0 Å². The molecule has 0 unspecified atom stereocenters. The summed E-state index contributed by atoms with van der Waals surface area (Å²) in [7, 11) is 0. The normalized spacial score (nSPS) is 32.8. The molecule has 0 heterocycles. The Morgan fingerprint density at radius 2 is 2.15 bits per heavy atom. The van der Waals surface area contributed by atoms with Crippen molar-refractivity contribution in [2.45, 2.75) is 46.5 Å². The van der Waals surface area contributed by atoms with Crippen LogP contribution in [0, 0.1) is 17.3 Å². The van der Waals surface area contributed by atoms with Crippen LogP contribution in [0.5, 0.6) is 0 Å². The van der Waals surface area contributed by atoms with Crippen LogP contribution in [-0.4, -0.2) is 11.1 Å². The Labute approximate surface area is 80.3 Å². The number of carbonyl (C=O) groups is 1. The molecule has 1 aliphatic carbocycles. The van der Waals surface area contributed by atoms with Gasteiger partial charge in [-0.25, -0.2) is 0 Å². The first-order chi connectivity index (χ1) is 5.93. The minimum atomic E-state index is -0.646. The van der Waals surface area contributed by atoms with E-state index in [9.17, 15) is 4.79 Å². The van der Waals surface area contributed by atoms with Gasteiger partial charge in [0.25, 0.3) is 0 Å². The van der Waals surface area contributed by atoms with Crippen LogP contribution < -0.4 is 0 Å². The molecule has 0 radical (unpaired) electrons. The Morgan fingerprint density at radius 1 is 1.54 bits per heavy atom. The molecule has 13 heavy (non-hydrogen) atoms. The van der Waals surface area contributed by atoms with Crippen LogP contribution in [0.4, 0.5) is 0 Å². The zero-order valence-corrected chi connectivity index (χ0v) is 8.84. The maximum absolute atomic E-state index is 10.7. The third-order valence-corrected chi connectivity index (χ3v) is 3.57. The van der Waals surface area contributed by atoms with E-state index in [2.05, 4.69) is 20.8 Å². The summed E-state index contributed by atoms with van der Waals surface area (Å²) in [6.07, 6.45) is 3.97. The molecule has 2 nitrogen and oxygen atoms in total. The number of aliphatic carboxylic acids is 1. The predicted molar refractivity (Wildman–Crippen MR) is 52.5 cm³/mol. The summed E-state index contributed by atoms with van der Waals surface area (Å²) in [6, 6.07) is 0. The Balaban J connectivity index is 2.68. The van der Waals surface area contributed by atoms with Crippen molar-refractivity contribution in [3.63, 3.8) is 0 Å². The first-order valence-corrected chi connectivity index (χ1v) is 5.15. The molecule has 76 valence electrons. The molecule has 0 saturated heterocycles. The van der Waals surface area contributed by atoms with Crippen molar-refractivity contribution in [3.05, 3.63) is 0 Å². The summed E-state index contributed by atoms with van der Waals surface area (Å²) in [5.41, 5.74) is 0.218. The lowest BCUT2D eigenvalue weighted by atomic mass is 9.63. The summed E-state index contributed by atoms with van der Waals surface area (Å²) in [5.74, 6) is 0.283. The Hall–Kier alpha value is -0.530. The molecule has 0 aromatic heterocycles. The molecule has 0 aromatic rings. The predicted octanol–water partition coefficient (Wildman–Crippen LogP) is 2.92. The first-order valence-electron chi connectivity index (χ1n) is 5.15. The van der Waals surface area contributed by atoms with E-state index in [1.165, 1.54) is 19.3 Å². The van der Waals surface area contributed by atoms with Crippen molar-refractivity contribution in [1.29, 1.82) is 0 Å². The first kappa shape index (κ1) is 10.6. The minimum absolute atomic E-state index is 0.218. The van der Waals surface area contributed by atoms with E-state index in [4.69, 9.17) is 5.11 Å². The summed E-state index contributed by atoms with van der Waals surface area (Å²) in [5, 5.41) is 8.82. The fourth-order valence-corrected chi connectivity index (χ4v) is 2.70. The van der Waals surface area contributed by atoms with Crippen molar-refractivity contribution in [3.8, 4) is 0 Å². The molecule has 1 N–H and O–H groups in total. The lowest BCUT2D eigenvalue weighted by molar-refractivity contribution is -0.140. The van der Waals surface area contributed by atoms with Gasteiger partial charge in [-0.3, -0.25) is 4.79 Å². The van der Waals surface area contributed by atoms with Crippen molar-refractivity contribution >= 4 is 5.97 Å². The third kappa shape index (κ3) is 2.45. The van der Waals surface area contributed by atoms with Crippen LogP contribution in [0.1, 0.15) is 46.5 Å². The van der Waals surface area contributed by atoms with E-state index in [0.717, 1.165) is 0 Å². The molecule has 1 fully saturated rings. The van der Waals surface area contributed by atoms with E-state index >= 15 is 0 Å². The summed E-state index contributed by atoms with van der Waals surface area (Å²) in [6.45, 7) is 6.60. The minimum Gasteiger partial charge on any atom is -0.481 e. The molecular formula is C11H20O2. The second-order valence-electron chi connectivity index (χ2n) is 5.06. The van der Waals surface area contributed by atoms with Gasteiger partial charge in [0.15, 0.2) is 0 Å². The molecule has 0 aromatic carbocycles. The number of hydrogen-bond acceptors (Lipinski definition) is 1. The van der Waals surface area contributed by atoms with E-state index in [0.29, 0.717) is 18.3 Å². The topological polar surface area (TPSA) is 37.3 Å². The fraction of sp³-hybridized carbons (Fsp3) is 0.909. The molecule has 1 rings (SSSR count). The Kier molecular flexibility index (Phi) is 2.99. The van der Waals surface area contributed by atoms with Crippen molar-refractivity contribution < 1.29 is 9.90 Å². The second kappa shape index (κ2) is 3.69. The van der Waals surface area contributed by atoms with Gasteiger partial charge >= 0.3 is 5.97 Å². The van der Waals surface area contributed by atoms with Crippen LogP contribution in [0.15, 0.2) is 0 Å². The average molecular weight is 184 g/mol. The van der Waals surface area contributed by atoms with E-state index in [-0.39, 0.29) is 5.41 Å². The SMILES string of the molecule is C[C@@H]1CCCC(C)(C)[C@@H]1CC(=O)O. The van der Waals surface area contributed by atoms with Gasteiger partial charge < -0.3 is 5.11 Å². The largest absolute Gasteiger partial charge is 0.481 e. The molecule has 2 heteroatoms. The zero-order valence-electron chi connectivity index (χ0n) is 8.84.